The molecule has 0 N–H and O–H groups in total. The summed E-state index contributed by atoms with van der Waals surface area (Å²) in [5, 5.41) is 0. The van der Waals surface area contributed by atoms with Gasteiger partial charge in [0, 0.05) is 6.54 Å². The third-order valence-corrected chi connectivity index (χ3v) is 8.98. The number of esters is 1. The van der Waals surface area contributed by atoms with Gasteiger partial charge in [0.2, 0.25) is 5.91 Å². The maximum absolute atomic E-state index is 14.1. The Hall–Kier alpha value is -3.80. The van der Waals surface area contributed by atoms with Gasteiger partial charge in [0.1, 0.15) is 23.6 Å². The smallest absolute Gasteiger partial charge is 0.329 e. The number of ether oxygens (including phenoxy) is 3. The molecule has 0 radical (unpaired) electrons. The van der Waals surface area contributed by atoms with Crippen LogP contribution >= 0.6 is 0 Å². The zero-order valence-corrected chi connectivity index (χ0v) is 26.9. The summed E-state index contributed by atoms with van der Waals surface area (Å²) in [7, 11) is 3.34. The fourth-order valence-electron chi connectivity index (χ4n) is 6.30. The van der Waals surface area contributed by atoms with Crippen molar-refractivity contribution in [1.82, 2.24) is 4.90 Å². The molecule has 0 unspecified atom stereocenters. The van der Waals surface area contributed by atoms with Crippen LogP contribution in [0.1, 0.15) is 90.0 Å². The summed E-state index contributed by atoms with van der Waals surface area (Å²) in [5.74, 6) is 0.948. The second kappa shape index (κ2) is 14.6. The van der Waals surface area contributed by atoms with E-state index < -0.39 is 12.1 Å². The molecule has 1 fully saturated rings. The van der Waals surface area contributed by atoms with Gasteiger partial charge in [-0.15, -0.1) is 0 Å². The Morgan fingerprint density at radius 3 is 2.30 bits per heavy atom. The summed E-state index contributed by atoms with van der Waals surface area (Å²) in [5.41, 5.74) is 7.41. The summed E-state index contributed by atoms with van der Waals surface area (Å²) in [6.07, 6.45) is 3.98. The molecule has 3 aromatic rings. The van der Waals surface area contributed by atoms with Gasteiger partial charge in [-0.25, -0.2) is 4.79 Å². The molecule has 0 bridgehead atoms. The Morgan fingerprint density at radius 1 is 0.884 bits per heavy atom. The van der Waals surface area contributed by atoms with Crippen LogP contribution in [0, 0.1) is 27.7 Å². The molecule has 230 valence electrons. The van der Waals surface area contributed by atoms with Crippen molar-refractivity contribution in [2.45, 2.75) is 91.2 Å². The quantitative estimate of drug-likeness (QED) is 0.216. The lowest BCUT2D eigenvalue weighted by Gasteiger charge is -2.37. The van der Waals surface area contributed by atoms with Crippen LogP contribution in [0.5, 0.6) is 11.5 Å². The highest BCUT2D eigenvalue weighted by Gasteiger charge is 2.37. The van der Waals surface area contributed by atoms with Crippen molar-refractivity contribution in [2.75, 3.05) is 20.8 Å². The number of aryl methyl sites for hydroxylation is 4. The Morgan fingerprint density at radius 2 is 1.63 bits per heavy atom. The third kappa shape index (κ3) is 7.41. The van der Waals surface area contributed by atoms with Gasteiger partial charge in [-0.05, 0) is 117 Å². The van der Waals surface area contributed by atoms with Crippen LogP contribution in [-0.2, 0) is 20.7 Å². The summed E-state index contributed by atoms with van der Waals surface area (Å²) in [6, 6.07) is 17.7. The molecule has 1 saturated heterocycles. The Balaban J connectivity index is 1.57. The van der Waals surface area contributed by atoms with Crippen molar-refractivity contribution in [3.8, 4) is 11.5 Å². The van der Waals surface area contributed by atoms with Gasteiger partial charge < -0.3 is 19.1 Å². The lowest BCUT2D eigenvalue weighted by atomic mass is 9.90. The van der Waals surface area contributed by atoms with Crippen LogP contribution in [0.3, 0.4) is 0 Å². The molecule has 1 heterocycles. The number of hydrogen-bond donors (Lipinski definition) is 0. The molecule has 4 rings (SSSR count). The van der Waals surface area contributed by atoms with Crippen LogP contribution in [-0.4, -0.2) is 43.6 Å². The summed E-state index contributed by atoms with van der Waals surface area (Å²) < 4.78 is 17.4. The van der Waals surface area contributed by atoms with Crippen molar-refractivity contribution in [3.63, 3.8) is 0 Å². The number of rotatable bonds is 11. The minimum Gasteiger partial charge on any atom is -0.496 e. The summed E-state index contributed by atoms with van der Waals surface area (Å²) >= 11 is 0. The third-order valence-electron chi connectivity index (χ3n) is 8.98. The first-order valence-electron chi connectivity index (χ1n) is 15.5. The second-order valence-electron chi connectivity index (χ2n) is 11.8. The lowest BCUT2D eigenvalue weighted by molar-refractivity contribution is -0.162. The van der Waals surface area contributed by atoms with Gasteiger partial charge in [-0.3, -0.25) is 4.79 Å². The molecule has 3 aromatic carbocycles. The molecule has 3 atom stereocenters. The van der Waals surface area contributed by atoms with Crippen LogP contribution < -0.4 is 9.47 Å². The average Bonchev–Trinajstić information content (AvgIpc) is 3.01. The Labute approximate surface area is 257 Å². The highest BCUT2D eigenvalue weighted by molar-refractivity contribution is 5.89. The van der Waals surface area contributed by atoms with Crippen LogP contribution in [0.15, 0.2) is 54.6 Å². The molecule has 0 saturated carbocycles. The van der Waals surface area contributed by atoms with Gasteiger partial charge in [0.05, 0.1) is 20.1 Å². The number of carbonyl (C=O) groups is 2. The molecule has 1 aliphatic rings. The van der Waals surface area contributed by atoms with E-state index in [2.05, 4.69) is 18.2 Å². The van der Waals surface area contributed by atoms with Gasteiger partial charge >= 0.3 is 5.97 Å². The van der Waals surface area contributed by atoms with Crippen LogP contribution in [0.4, 0.5) is 0 Å². The number of amides is 1. The molecule has 1 aliphatic heterocycles. The van der Waals surface area contributed by atoms with E-state index in [0.29, 0.717) is 25.8 Å². The second-order valence-corrected chi connectivity index (χ2v) is 11.8. The molecule has 0 aliphatic carbocycles. The number of nitrogens with zero attached hydrogens (tertiary/aromatic N) is 1. The normalized spacial score (nSPS) is 16.3. The highest BCUT2D eigenvalue weighted by atomic mass is 16.5. The average molecular weight is 586 g/mol. The van der Waals surface area contributed by atoms with Crippen LogP contribution in [0.25, 0.3) is 0 Å². The van der Waals surface area contributed by atoms with Crippen molar-refractivity contribution >= 4 is 11.9 Å². The maximum Gasteiger partial charge on any atom is 0.329 e. The molecule has 43 heavy (non-hydrogen) atoms. The van der Waals surface area contributed by atoms with Crippen molar-refractivity contribution in [3.05, 3.63) is 93.5 Å². The first-order valence-corrected chi connectivity index (χ1v) is 15.5. The minimum absolute atomic E-state index is 0.0180. The largest absolute Gasteiger partial charge is 0.496 e. The van der Waals surface area contributed by atoms with Gasteiger partial charge in [0.15, 0.2) is 0 Å². The van der Waals surface area contributed by atoms with Gasteiger partial charge in [-0.1, -0.05) is 49.4 Å². The predicted octanol–water partition coefficient (Wildman–Crippen LogP) is 7.73. The van der Waals surface area contributed by atoms with Crippen molar-refractivity contribution in [1.29, 1.82) is 0 Å². The van der Waals surface area contributed by atoms with E-state index in [0.717, 1.165) is 69.7 Å². The van der Waals surface area contributed by atoms with Gasteiger partial charge in [0.25, 0.3) is 0 Å². The number of likely N-dealkylation sites (tertiary alicyclic amines) is 1. The molecule has 6 heteroatoms. The van der Waals surface area contributed by atoms with E-state index >= 15 is 0 Å². The van der Waals surface area contributed by atoms with Crippen molar-refractivity contribution in [2.24, 2.45) is 0 Å². The molecule has 0 aromatic heterocycles. The first-order chi connectivity index (χ1) is 20.7. The molecule has 0 spiro atoms. The number of hydrogen-bond acceptors (Lipinski definition) is 5. The lowest BCUT2D eigenvalue weighted by Crippen LogP contribution is -2.50. The summed E-state index contributed by atoms with van der Waals surface area (Å²) in [4.78, 5) is 29.8. The number of benzene rings is 3. The number of methoxy groups -OCH3 is 2. The first kappa shape index (κ1) is 32.1. The fraction of sp³-hybridized carbons (Fsp3) is 0.459. The van der Waals surface area contributed by atoms with E-state index in [1.807, 2.05) is 71.0 Å². The van der Waals surface area contributed by atoms with E-state index in [-0.39, 0.29) is 17.8 Å². The minimum atomic E-state index is -0.599. The summed E-state index contributed by atoms with van der Waals surface area (Å²) in [6.45, 7) is 10.7. The Bertz CT molecular complexity index is 1430. The molecular weight excluding hydrogens is 538 g/mol. The molecular formula is C37H47NO5. The van der Waals surface area contributed by atoms with E-state index in [1.54, 1.807) is 19.1 Å². The maximum atomic E-state index is 14.1. The zero-order valence-electron chi connectivity index (χ0n) is 26.9. The van der Waals surface area contributed by atoms with E-state index in [4.69, 9.17) is 14.2 Å². The predicted molar refractivity (Wildman–Crippen MR) is 171 cm³/mol. The zero-order chi connectivity index (χ0) is 31.1. The SMILES string of the molecule is CC[C@H](C(=O)N1CCCC[C@H]1C(=O)O[C@@H](CCc1ccc(OC)c(C)c1)c1ccccc1C)c1cc(C)c(C)c(OC)c1. The van der Waals surface area contributed by atoms with E-state index in [1.165, 1.54) is 0 Å². The number of carbonyl (C=O) groups excluding carboxylic acids is 2. The molecule has 6 nitrogen and oxygen atoms in total. The topological polar surface area (TPSA) is 65.1 Å². The monoisotopic (exact) mass is 585 g/mol. The fourth-order valence-corrected chi connectivity index (χ4v) is 6.30. The standard InChI is InChI=1S/C37H47NO5/c1-8-30(29-22-25(3)27(5)35(23-29)42-7)36(39)38-20-12-11-15-32(38)37(40)43-34(31-14-10-9-13-24(31)2)19-17-28-16-18-33(41-6)26(4)21-28/h9-10,13-14,16,18,21-23,30,32,34H,8,11-12,15,17,19-20H2,1-7H3/t30-,32-,34-/m0/s1. The van der Waals surface area contributed by atoms with Gasteiger partial charge in [-0.2, -0.15) is 0 Å². The molecule has 1 amide bonds. The highest BCUT2D eigenvalue weighted by Crippen LogP contribution is 2.34. The van der Waals surface area contributed by atoms with Crippen molar-refractivity contribution < 1.29 is 23.8 Å². The van der Waals surface area contributed by atoms with Crippen LogP contribution in [0.2, 0.25) is 0 Å². The number of piperidine rings is 1. The van der Waals surface area contributed by atoms with E-state index in [9.17, 15) is 9.59 Å². The Kier molecular flexibility index (Phi) is 10.9.